The predicted molar refractivity (Wildman–Crippen MR) is 60.4 cm³/mol. The highest BCUT2D eigenvalue weighted by Crippen LogP contribution is 2.31. The van der Waals surface area contributed by atoms with E-state index in [2.05, 4.69) is 6.92 Å². The van der Waals surface area contributed by atoms with Crippen LogP contribution in [-0.2, 0) is 9.53 Å². The van der Waals surface area contributed by atoms with Crippen LogP contribution in [0.4, 0.5) is 0 Å². The molecule has 3 nitrogen and oxygen atoms in total. The molecule has 0 heterocycles. The molecule has 0 radical (unpaired) electrons. The molecule has 1 rings (SSSR count). The van der Waals surface area contributed by atoms with Crippen molar-refractivity contribution < 1.29 is 9.53 Å². The Kier molecular flexibility index (Phi) is 4.58. The molecule has 88 valence electrons. The second kappa shape index (κ2) is 5.50. The molecular weight excluding hydrogens is 190 g/mol. The summed E-state index contributed by atoms with van der Waals surface area (Å²) < 4.78 is 5.04. The summed E-state index contributed by atoms with van der Waals surface area (Å²) in [5.41, 5.74) is 5.42. The minimum absolute atomic E-state index is 0.207. The molecule has 2 N–H and O–H groups in total. The number of rotatable bonds is 3. The zero-order valence-corrected chi connectivity index (χ0v) is 9.92. The molecule has 3 heteroatoms. The van der Waals surface area contributed by atoms with Crippen LogP contribution >= 0.6 is 0 Å². The van der Waals surface area contributed by atoms with Crippen LogP contribution in [0.2, 0.25) is 0 Å². The minimum Gasteiger partial charge on any atom is -0.465 e. The molecule has 15 heavy (non-hydrogen) atoms. The van der Waals surface area contributed by atoms with Gasteiger partial charge in [0.05, 0.1) is 6.61 Å². The van der Waals surface area contributed by atoms with Crippen molar-refractivity contribution in [2.24, 2.45) is 11.7 Å². The van der Waals surface area contributed by atoms with Crippen LogP contribution in [0.5, 0.6) is 0 Å². The Hall–Kier alpha value is -0.570. The van der Waals surface area contributed by atoms with Crippen molar-refractivity contribution in [2.45, 2.75) is 57.9 Å². The fourth-order valence-corrected chi connectivity index (χ4v) is 2.32. The number of hydrogen-bond acceptors (Lipinski definition) is 3. The number of esters is 1. The van der Waals surface area contributed by atoms with Gasteiger partial charge in [-0.05, 0) is 32.1 Å². The summed E-state index contributed by atoms with van der Waals surface area (Å²) in [5, 5.41) is 0. The average Bonchev–Trinajstić information content (AvgIpc) is 2.41. The van der Waals surface area contributed by atoms with Gasteiger partial charge in [0.2, 0.25) is 0 Å². The molecule has 1 aliphatic rings. The van der Waals surface area contributed by atoms with Gasteiger partial charge < -0.3 is 10.5 Å². The summed E-state index contributed by atoms with van der Waals surface area (Å²) in [6, 6.07) is 0. The fraction of sp³-hybridized carbons (Fsp3) is 0.917. The molecule has 0 aromatic rings. The smallest absolute Gasteiger partial charge is 0.326 e. The molecule has 1 aliphatic carbocycles. The first-order chi connectivity index (χ1) is 7.12. The maximum Gasteiger partial charge on any atom is 0.326 e. The van der Waals surface area contributed by atoms with Crippen molar-refractivity contribution >= 4 is 5.97 Å². The zero-order chi connectivity index (χ0) is 11.3. The number of ether oxygens (including phenoxy) is 1. The summed E-state index contributed by atoms with van der Waals surface area (Å²) in [5.74, 6) is 0.534. The van der Waals surface area contributed by atoms with Gasteiger partial charge in [-0.1, -0.05) is 26.2 Å². The SMILES string of the molecule is CCOC(=O)C1(N)CCCC(CC)CC1. The largest absolute Gasteiger partial charge is 0.465 e. The molecule has 0 aromatic carbocycles. The molecule has 0 aromatic heterocycles. The fourth-order valence-electron chi connectivity index (χ4n) is 2.32. The van der Waals surface area contributed by atoms with Crippen molar-refractivity contribution in [1.29, 1.82) is 0 Å². The van der Waals surface area contributed by atoms with Crippen LogP contribution in [0.1, 0.15) is 52.4 Å². The van der Waals surface area contributed by atoms with Crippen molar-refractivity contribution in [2.75, 3.05) is 6.61 Å². The highest BCUT2D eigenvalue weighted by molar-refractivity contribution is 5.80. The number of carbonyl (C=O) groups excluding carboxylic acids is 1. The quantitative estimate of drug-likeness (QED) is 0.578. The summed E-state index contributed by atoms with van der Waals surface area (Å²) in [4.78, 5) is 11.7. The topological polar surface area (TPSA) is 52.3 Å². The van der Waals surface area contributed by atoms with E-state index in [-0.39, 0.29) is 5.97 Å². The van der Waals surface area contributed by atoms with Gasteiger partial charge in [-0.3, -0.25) is 4.79 Å². The highest BCUT2D eigenvalue weighted by Gasteiger charge is 2.37. The second-order valence-electron chi connectivity index (χ2n) is 4.58. The van der Waals surface area contributed by atoms with E-state index in [1.165, 1.54) is 12.8 Å². The molecule has 1 fully saturated rings. The van der Waals surface area contributed by atoms with E-state index in [0.29, 0.717) is 6.61 Å². The van der Waals surface area contributed by atoms with E-state index in [9.17, 15) is 4.79 Å². The Morgan fingerprint density at radius 2 is 2.13 bits per heavy atom. The number of carbonyl (C=O) groups is 1. The van der Waals surface area contributed by atoms with E-state index in [1.54, 1.807) is 0 Å². The Bertz CT molecular complexity index is 218. The van der Waals surface area contributed by atoms with Crippen LogP contribution in [0, 0.1) is 5.92 Å². The van der Waals surface area contributed by atoms with E-state index in [1.807, 2.05) is 6.92 Å². The number of nitrogens with two attached hydrogens (primary N) is 1. The van der Waals surface area contributed by atoms with E-state index in [0.717, 1.165) is 31.6 Å². The van der Waals surface area contributed by atoms with Gasteiger partial charge in [0.1, 0.15) is 5.54 Å². The molecule has 0 spiro atoms. The molecular formula is C12H23NO2. The Labute approximate surface area is 92.4 Å². The normalized spacial score (nSPS) is 32.1. The van der Waals surface area contributed by atoms with Crippen molar-refractivity contribution in [1.82, 2.24) is 0 Å². The first kappa shape index (κ1) is 12.5. The summed E-state index contributed by atoms with van der Waals surface area (Å²) in [6.45, 7) is 4.46. The van der Waals surface area contributed by atoms with Crippen molar-refractivity contribution in [3.63, 3.8) is 0 Å². The predicted octanol–water partition coefficient (Wildman–Crippen LogP) is 2.24. The Morgan fingerprint density at radius 1 is 1.40 bits per heavy atom. The molecule has 0 aliphatic heterocycles. The Morgan fingerprint density at radius 3 is 2.73 bits per heavy atom. The zero-order valence-electron chi connectivity index (χ0n) is 9.92. The maximum absolute atomic E-state index is 11.7. The van der Waals surface area contributed by atoms with Crippen LogP contribution in [0.25, 0.3) is 0 Å². The van der Waals surface area contributed by atoms with Gasteiger partial charge in [-0.15, -0.1) is 0 Å². The van der Waals surface area contributed by atoms with Crippen LogP contribution < -0.4 is 5.73 Å². The van der Waals surface area contributed by atoms with Crippen LogP contribution in [0.3, 0.4) is 0 Å². The third-order valence-electron chi connectivity index (χ3n) is 3.49. The number of hydrogen-bond donors (Lipinski definition) is 1. The van der Waals surface area contributed by atoms with Gasteiger partial charge in [0.15, 0.2) is 0 Å². The van der Waals surface area contributed by atoms with Crippen molar-refractivity contribution in [3.05, 3.63) is 0 Å². The lowest BCUT2D eigenvalue weighted by Gasteiger charge is -2.25. The first-order valence-electron chi connectivity index (χ1n) is 6.08. The first-order valence-corrected chi connectivity index (χ1v) is 6.08. The summed E-state index contributed by atoms with van der Waals surface area (Å²) in [6.07, 6.45) is 6.07. The molecule has 1 saturated carbocycles. The molecule has 0 saturated heterocycles. The third-order valence-corrected chi connectivity index (χ3v) is 3.49. The van der Waals surface area contributed by atoms with Gasteiger partial charge in [0.25, 0.3) is 0 Å². The average molecular weight is 213 g/mol. The van der Waals surface area contributed by atoms with Gasteiger partial charge >= 0.3 is 5.97 Å². The lowest BCUT2D eigenvalue weighted by atomic mass is 9.90. The van der Waals surface area contributed by atoms with E-state index >= 15 is 0 Å². The van der Waals surface area contributed by atoms with Gasteiger partial charge in [-0.2, -0.15) is 0 Å². The third kappa shape index (κ3) is 3.20. The molecule has 2 unspecified atom stereocenters. The van der Waals surface area contributed by atoms with E-state index < -0.39 is 5.54 Å². The van der Waals surface area contributed by atoms with Crippen LogP contribution in [-0.4, -0.2) is 18.1 Å². The van der Waals surface area contributed by atoms with Crippen LogP contribution in [0.15, 0.2) is 0 Å². The van der Waals surface area contributed by atoms with Gasteiger partial charge in [-0.25, -0.2) is 0 Å². The lowest BCUT2D eigenvalue weighted by Crippen LogP contribution is -2.48. The Balaban J connectivity index is 2.57. The minimum atomic E-state index is -0.708. The lowest BCUT2D eigenvalue weighted by molar-refractivity contribution is -0.150. The summed E-state index contributed by atoms with van der Waals surface area (Å²) in [7, 11) is 0. The van der Waals surface area contributed by atoms with Crippen molar-refractivity contribution in [3.8, 4) is 0 Å². The summed E-state index contributed by atoms with van der Waals surface area (Å²) >= 11 is 0. The molecule has 2 atom stereocenters. The molecule has 0 amide bonds. The maximum atomic E-state index is 11.7. The standard InChI is InChI=1S/C12H23NO2/c1-3-10-6-5-8-12(13,9-7-10)11(14)15-4-2/h10H,3-9,13H2,1-2H3. The highest BCUT2D eigenvalue weighted by atomic mass is 16.5. The van der Waals surface area contributed by atoms with Gasteiger partial charge in [0, 0.05) is 0 Å². The monoisotopic (exact) mass is 213 g/mol. The molecule has 0 bridgehead atoms. The van der Waals surface area contributed by atoms with E-state index in [4.69, 9.17) is 10.5 Å². The second-order valence-corrected chi connectivity index (χ2v) is 4.58.